The Bertz CT molecular complexity index is 583. The number of nitrogens with zero attached hydrogens (tertiary/aromatic N) is 1. The number of carbonyl (C=O) groups is 3. The summed E-state index contributed by atoms with van der Waals surface area (Å²) in [5.74, 6) is -1.06. The van der Waals surface area contributed by atoms with Crippen LogP contribution in [0.3, 0.4) is 0 Å². The summed E-state index contributed by atoms with van der Waals surface area (Å²) in [5, 5.41) is 4.68. The molecule has 0 unspecified atom stereocenters. The number of hydrogen-bond donors (Lipinski definition) is 2. The first kappa shape index (κ1) is 12.2. The van der Waals surface area contributed by atoms with E-state index in [-0.39, 0.29) is 12.5 Å². The smallest absolute Gasteiger partial charge is 0.325 e. The third-order valence-corrected chi connectivity index (χ3v) is 4.63. The van der Waals surface area contributed by atoms with Crippen LogP contribution in [0.25, 0.3) is 0 Å². The molecule has 1 atom stereocenters. The number of urea groups is 1. The van der Waals surface area contributed by atoms with E-state index in [1.54, 1.807) is 11.3 Å². The monoisotopic (exact) mass is 279 g/mol. The Morgan fingerprint density at radius 1 is 1.53 bits per heavy atom. The molecule has 19 heavy (non-hydrogen) atoms. The fourth-order valence-corrected chi connectivity index (χ4v) is 3.84. The van der Waals surface area contributed by atoms with Crippen molar-refractivity contribution in [3.05, 3.63) is 21.9 Å². The summed E-state index contributed by atoms with van der Waals surface area (Å²) >= 11 is 1.59. The average molecular weight is 279 g/mol. The zero-order valence-electron chi connectivity index (χ0n) is 10.1. The van der Waals surface area contributed by atoms with Gasteiger partial charge in [-0.2, -0.15) is 0 Å². The third-order valence-electron chi connectivity index (χ3n) is 3.65. The molecule has 6 nitrogen and oxygen atoms in total. The highest BCUT2D eigenvalue weighted by molar-refractivity contribution is 7.10. The second-order valence-corrected chi connectivity index (χ2v) is 5.80. The maximum absolute atomic E-state index is 12.5. The molecule has 2 aliphatic rings. The lowest BCUT2D eigenvalue weighted by Crippen LogP contribution is -2.46. The van der Waals surface area contributed by atoms with Gasteiger partial charge < -0.3 is 11.1 Å². The van der Waals surface area contributed by atoms with Crippen LogP contribution in [0.2, 0.25) is 0 Å². The number of nitrogens with two attached hydrogens (primary N) is 1. The Balaban J connectivity index is 2.02. The Hall–Kier alpha value is -1.89. The molecule has 1 saturated heterocycles. The van der Waals surface area contributed by atoms with Crippen molar-refractivity contribution in [2.75, 3.05) is 6.54 Å². The molecule has 1 spiro atoms. The van der Waals surface area contributed by atoms with Crippen molar-refractivity contribution < 1.29 is 14.4 Å². The number of nitrogens with one attached hydrogen (secondary N) is 1. The Kier molecular flexibility index (Phi) is 2.60. The largest absolute Gasteiger partial charge is 0.368 e. The molecule has 1 aromatic heterocycles. The molecule has 100 valence electrons. The first-order chi connectivity index (χ1) is 9.04. The van der Waals surface area contributed by atoms with Gasteiger partial charge in [-0.1, -0.05) is 0 Å². The highest BCUT2D eigenvalue weighted by Gasteiger charge is 2.54. The topological polar surface area (TPSA) is 92.5 Å². The number of hydrogen-bond acceptors (Lipinski definition) is 4. The Labute approximate surface area is 113 Å². The van der Waals surface area contributed by atoms with Crippen LogP contribution in [0, 0.1) is 0 Å². The predicted molar refractivity (Wildman–Crippen MR) is 68.4 cm³/mol. The van der Waals surface area contributed by atoms with E-state index in [0.29, 0.717) is 6.42 Å². The lowest BCUT2D eigenvalue weighted by atomic mass is 9.80. The van der Waals surface area contributed by atoms with Crippen molar-refractivity contribution in [2.45, 2.75) is 24.8 Å². The van der Waals surface area contributed by atoms with Crippen molar-refractivity contribution in [1.29, 1.82) is 0 Å². The van der Waals surface area contributed by atoms with Crippen LogP contribution in [0.5, 0.6) is 0 Å². The summed E-state index contributed by atoms with van der Waals surface area (Å²) in [4.78, 5) is 37.4. The SMILES string of the molecule is NC(=O)CN1C(=O)N[C@]2(CCCc3sccc32)C1=O. The van der Waals surface area contributed by atoms with Gasteiger partial charge in [0.1, 0.15) is 12.1 Å². The number of carbonyl (C=O) groups excluding carboxylic acids is 3. The number of aryl methyl sites for hydroxylation is 1. The van der Waals surface area contributed by atoms with Gasteiger partial charge in [0.25, 0.3) is 5.91 Å². The molecule has 1 aliphatic heterocycles. The van der Waals surface area contributed by atoms with E-state index in [0.717, 1.165) is 28.2 Å². The van der Waals surface area contributed by atoms with E-state index in [1.807, 2.05) is 11.4 Å². The number of fused-ring (bicyclic) bond motifs is 2. The second kappa shape index (κ2) is 4.06. The molecule has 4 amide bonds. The van der Waals surface area contributed by atoms with E-state index in [9.17, 15) is 14.4 Å². The number of rotatable bonds is 2. The van der Waals surface area contributed by atoms with Crippen molar-refractivity contribution in [1.82, 2.24) is 10.2 Å². The molecule has 7 heteroatoms. The summed E-state index contributed by atoms with van der Waals surface area (Å²) in [5.41, 5.74) is 4.96. The molecule has 1 aliphatic carbocycles. The summed E-state index contributed by atoms with van der Waals surface area (Å²) in [7, 11) is 0. The highest BCUT2D eigenvalue weighted by Crippen LogP contribution is 2.41. The average Bonchev–Trinajstić information content (AvgIpc) is 2.91. The first-order valence-electron chi connectivity index (χ1n) is 6.04. The molecule has 3 rings (SSSR count). The molecule has 0 saturated carbocycles. The van der Waals surface area contributed by atoms with Crippen LogP contribution in [-0.2, 0) is 21.5 Å². The Morgan fingerprint density at radius 3 is 3.05 bits per heavy atom. The van der Waals surface area contributed by atoms with Crippen LogP contribution in [-0.4, -0.2) is 29.3 Å². The van der Waals surface area contributed by atoms with Gasteiger partial charge in [0.05, 0.1) is 0 Å². The number of imide groups is 1. The quantitative estimate of drug-likeness (QED) is 0.763. The van der Waals surface area contributed by atoms with E-state index in [1.165, 1.54) is 0 Å². The van der Waals surface area contributed by atoms with E-state index >= 15 is 0 Å². The molecule has 1 aromatic rings. The van der Waals surface area contributed by atoms with Gasteiger partial charge in [0, 0.05) is 10.4 Å². The van der Waals surface area contributed by atoms with Gasteiger partial charge in [0.15, 0.2) is 0 Å². The van der Waals surface area contributed by atoms with Crippen LogP contribution in [0.1, 0.15) is 23.3 Å². The molecular weight excluding hydrogens is 266 g/mol. The second-order valence-electron chi connectivity index (χ2n) is 4.80. The predicted octanol–water partition coefficient (Wildman–Crippen LogP) is 0.317. The molecule has 0 radical (unpaired) electrons. The first-order valence-corrected chi connectivity index (χ1v) is 6.92. The van der Waals surface area contributed by atoms with Crippen LogP contribution >= 0.6 is 11.3 Å². The van der Waals surface area contributed by atoms with Crippen molar-refractivity contribution >= 4 is 29.2 Å². The Morgan fingerprint density at radius 2 is 2.32 bits per heavy atom. The number of amides is 4. The fourth-order valence-electron chi connectivity index (χ4n) is 2.84. The molecular formula is C12H13N3O3S. The van der Waals surface area contributed by atoms with Crippen LogP contribution < -0.4 is 11.1 Å². The van der Waals surface area contributed by atoms with E-state index in [4.69, 9.17) is 5.73 Å². The van der Waals surface area contributed by atoms with Crippen LogP contribution in [0.4, 0.5) is 4.79 Å². The maximum Gasteiger partial charge on any atom is 0.325 e. The fraction of sp³-hybridized carbons (Fsp3) is 0.417. The molecule has 0 bridgehead atoms. The minimum Gasteiger partial charge on any atom is -0.368 e. The minimum absolute atomic E-state index is 0.365. The summed E-state index contributed by atoms with van der Waals surface area (Å²) < 4.78 is 0. The van der Waals surface area contributed by atoms with Gasteiger partial charge in [-0.15, -0.1) is 11.3 Å². The lowest BCUT2D eigenvalue weighted by Gasteiger charge is -2.31. The van der Waals surface area contributed by atoms with Gasteiger partial charge in [0.2, 0.25) is 5.91 Å². The minimum atomic E-state index is -0.986. The lowest BCUT2D eigenvalue weighted by molar-refractivity contribution is -0.135. The summed E-state index contributed by atoms with van der Waals surface area (Å²) in [6.07, 6.45) is 2.33. The van der Waals surface area contributed by atoms with Gasteiger partial charge in [-0.3, -0.25) is 14.5 Å². The zero-order chi connectivity index (χ0) is 13.6. The van der Waals surface area contributed by atoms with Crippen molar-refractivity contribution in [2.24, 2.45) is 5.73 Å². The maximum atomic E-state index is 12.5. The van der Waals surface area contributed by atoms with Gasteiger partial charge >= 0.3 is 6.03 Å². The summed E-state index contributed by atoms with van der Waals surface area (Å²) in [6.45, 7) is -0.369. The third kappa shape index (κ3) is 1.65. The van der Waals surface area contributed by atoms with Crippen molar-refractivity contribution in [3.8, 4) is 0 Å². The van der Waals surface area contributed by atoms with Gasteiger partial charge in [-0.25, -0.2) is 4.79 Å². The standard InChI is InChI=1S/C12H13N3O3S/c13-9(16)6-15-10(17)12(14-11(15)18)4-1-2-8-7(12)3-5-19-8/h3,5H,1-2,4,6H2,(H2,13,16)(H,14,18)/t12-/m0/s1. The molecule has 1 fully saturated rings. The highest BCUT2D eigenvalue weighted by atomic mass is 32.1. The molecule has 0 aromatic carbocycles. The van der Waals surface area contributed by atoms with Crippen molar-refractivity contribution in [3.63, 3.8) is 0 Å². The normalized spacial score (nSPS) is 25.6. The summed E-state index contributed by atoms with van der Waals surface area (Å²) in [6, 6.07) is 1.34. The number of thiophene rings is 1. The van der Waals surface area contributed by atoms with E-state index in [2.05, 4.69) is 5.32 Å². The van der Waals surface area contributed by atoms with Gasteiger partial charge in [-0.05, 0) is 30.7 Å². The van der Waals surface area contributed by atoms with Crippen LogP contribution in [0.15, 0.2) is 11.4 Å². The number of primary amides is 1. The zero-order valence-corrected chi connectivity index (χ0v) is 11.0. The molecule has 2 heterocycles. The van der Waals surface area contributed by atoms with E-state index < -0.39 is 17.5 Å². The molecule has 3 N–H and O–H groups in total.